The monoisotopic (exact) mass is 317 g/mol. The lowest BCUT2D eigenvalue weighted by Gasteiger charge is -2.29. The van der Waals surface area contributed by atoms with Gasteiger partial charge in [0.2, 0.25) is 0 Å². The number of halogens is 1. The van der Waals surface area contributed by atoms with Crippen LogP contribution in [0.15, 0.2) is 42.5 Å². The SMILES string of the molecule is COc1ccccc1-c1cccc2c1CO[C@H]1CNC[C@@H]21.Cl. The number of benzene rings is 2. The molecule has 2 aromatic rings. The Hall–Kier alpha value is -1.55. The smallest absolute Gasteiger partial charge is 0.126 e. The molecule has 2 aliphatic rings. The van der Waals surface area contributed by atoms with E-state index in [0.29, 0.717) is 18.6 Å². The first-order chi connectivity index (χ1) is 10.4. The first-order valence-corrected chi connectivity index (χ1v) is 7.46. The molecule has 1 saturated heterocycles. The second kappa shape index (κ2) is 6.29. The van der Waals surface area contributed by atoms with E-state index in [2.05, 4.69) is 35.6 Å². The van der Waals surface area contributed by atoms with Crippen molar-refractivity contribution >= 4 is 12.4 Å². The minimum Gasteiger partial charge on any atom is -0.496 e. The Balaban J connectivity index is 0.00000144. The van der Waals surface area contributed by atoms with Gasteiger partial charge in [-0.05, 0) is 22.8 Å². The van der Waals surface area contributed by atoms with Crippen LogP contribution in [0.1, 0.15) is 17.0 Å². The quantitative estimate of drug-likeness (QED) is 0.921. The summed E-state index contributed by atoms with van der Waals surface area (Å²) in [6.45, 7) is 2.66. The third kappa shape index (κ3) is 2.39. The number of hydrogen-bond acceptors (Lipinski definition) is 3. The summed E-state index contributed by atoms with van der Waals surface area (Å²) in [6, 6.07) is 14.8. The van der Waals surface area contributed by atoms with Gasteiger partial charge in [-0.15, -0.1) is 12.4 Å². The maximum absolute atomic E-state index is 6.06. The molecule has 0 radical (unpaired) electrons. The molecule has 1 fully saturated rings. The predicted octanol–water partition coefficient (Wildman–Crippen LogP) is 3.37. The Labute approximate surface area is 137 Å². The summed E-state index contributed by atoms with van der Waals surface area (Å²) in [5.74, 6) is 1.39. The molecule has 2 heterocycles. The number of fused-ring (bicyclic) bond motifs is 3. The van der Waals surface area contributed by atoms with Crippen LogP contribution in [0, 0.1) is 0 Å². The summed E-state index contributed by atoms with van der Waals surface area (Å²) in [5, 5.41) is 3.44. The lowest BCUT2D eigenvalue weighted by molar-refractivity contribution is 0.0302. The summed E-state index contributed by atoms with van der Waals surface area (Å²) in [5.41, 5.74) is 5.12. The molecule has 0 spiro atoms. The van der Waals surface area contributed by atoms with E-state index >= 15 is 0 Å². The van der Waals surface area contributed by atoms with Crippen LogP contribution < -0.4 is 10.1 Å². The van der Waals surface area contributed by atoms with Gasteiger partial charge in [-0.3, -0.25) is 0 Å². The minimum absolute atomic E-state index is 0. The van der Waals surface area contributed by atoms with Crippen molar-refractivity contribution in [2.24, 2.45) is 0 Å². The van der Waals surface area contributed by atoms with Gasteiger partial charge >= 0.3 is 0 Å². The zero-order chi connectivity index (χ0) is 14.2. The molecule has 22 heavy (non-hydrogen) atoms. The lowest BCUT2D eigenvalue weighted by atomic mass is 9.85. The van der Waals surface area contributed by atoms with Gasteiger partial charge in [0, 0.05) is 24.6 Å². The van der Waals surface area contributed by atoms with Gasteiger partial charge < -0.3 is 14.8 Å². The predicted molar refractivity (Wildman–Crippen MR) is 89.9 cm³/mol. The standard InChI is InChI=1S/C18H19NO2.ClH/c1-20-17-8-3-2-5-14(17)12-6-4-7-13-15-9-19-10-18(15)21-11-16(12)13;/h2-8,15,18-19H,9-11H2,1H3;1H/t15-,18-;/m0./s1. The molecule has 0 unspecified atom stereocenters. The molecule has 0 saturated carbocycles. The van der Waals surface area contributed by atoms with Crippen LogP contribution in [0.3, 0.4) is 0 Å². The number of rotatable bonds is 2. The van der Waals surface area contributed by atoms with Crippen molar-refractivity contribution in [3.63, 3.8) is 0 Å². The van der Waals surface area contributed by atoms with Crippen molar-refractivity contribution in [1.29, 1.82) is 0 Å². The Kier molecular flexibility index (Phi) is 4.39. The molecule has 1 N–H and O–H groups in total. The van der Waals surface area contributed by atoms with Gasteiger partial charge in [0.05, 0.1) is 19.8 Å². The van der Waals surface area contributed by atoms with Crippen molar-refractivity contribution in [3.05, 3.63) is 53.6 Å². The number of nitrogens with one attached hydrogen (secondary N) is 1. The molecule has 116 valence electrons. The minimum atomic E-state index is 0. The van der Waals surface area contributed by atoms with E-state index in [-0.39, 0.29) is 12.4 Å². The largest absolute Gasteiger partial charge is 0.496 e. The van der Waals surface area contributed by atoms with Crippen molar-refractivity contribution in [1.82, 2.24) is 5.32 Å². The fourth-order valence-electron chi connectivity index (χ4n) is 3.56. The topological polar surface area (TPSA) is 30.5 Å². The van der Waals surface area contributed by atoms with Crippen LogP contribution in [-0.2, 0) is 11.3 Å². The highest BCUT2D eigenvalue weighted by molar-refractivity contribution is 5.85. The van der Waals surface area contributed by atoms with E-state index in [9.17, 15) is 0 Å². The molecule has 4 rings (SSSR count). The Morgan fingerprint density at radius 1 is 1.05 bits per heavy atom. The van der Waals surface area contributed by atoms with E-state index in [1.54, 1.807) is 7.11 Å². The number of para-hydroxylation sites is 1. The highest BCUT2D eigenvalue weighted by Crippen LogP contribution is 2.40. The van der Waals surface area contributed by atoms with Crippen LogP contribution in [-0.4, -0.2) is 26.3 Å². The molecule has 4 heteroatoms. The highest BCUT2D eigenvalue weighted by atomic mass is 35.5. The van der Waals surface area contributed by atoms with Gasteiger partial charge in [0.15, 0.2) is 0 Å². The van der Waals surface area contributed by atoms with Crippen LogP contribution >= 0.6 is 12.4 Å². The second-order valence-electron chi connectivity index (χ2n) is 5.69. The molecule has 3 nitrogen and oxygen atoms in total. The van der Waals surface area contributed by atoms with Gasteiger partial charge in [0.25, 0.3) is 0 Å². The summed E-state index contributed by atoms with van der Waals surface area (Å²) >= 11 is 0. The summed E-state index contributed by atoms with van der Waals surface area (Å²) in [7, 11) is 1.72. The van der Waals surface area contributed by atoms with E-state index in [1.165, 1.54) is 16.7 Å². The van der Waals surface area contributed by atoms with E-state index < -0.39 is 0 Å². The van der Waals surface area contributed by atoms with Crippen LogP contribution in [0.25, 0.3) is 11.1 Å². The molecular formula is C18H20ClNO2. The fraction of sp³-hybridized carbons (Fsp3) is 0.333. The van der Waals surface area contributed by atoms with Crippen molar-refractivity contribution in [2.75, 3.05) is 20.2 Å². The van der Waals surface area contributed by atoms with Gasteiger partial charge in [-0.1, -0.05) is 36.4 Å². The van der Waals surface area contributed by atoms with E-state index in [0.717, 1.165) is 24.4 Å². The zero-order valence-electron chi connectivity index (χ0n) is 12.5. The Bertz CT molecular complexity index is 674. The molecule has 2 aliphatic heterocycles. The number of ether oxygens (including phenoxy) is 2. The number of methoxy groups -OCH3 is 1. The van der Waals surface area contributed by atoms with Crippen molar-refractivity contribution < 1.29 is 9.47 Å². The number of hydrogen-bond donors (Lipinski definition) is 1. The highest BCUT2D eigenvalue weighted by Gasteiger charge is 2.35. The molecule has 2 atom stereocenters. The normalized spacial score (nSPS) is 22.4. The van der Waals surface area contributed by atoms with Gasteiger partial charge in [0.1, 0.15) is 5.75 Å². The molecule has 0 aliphatic carbocycles. The third-order valence-corrected chi connectivity index (χ3v) is 4.61. The molecule has 0 aromatic heterocycles. The first-order valence-electron chi connectivity index (χ1n) is 7.46. The lowest BCUT2D eigenvalue weighted by Crippen LogP contribution is -2.27. The van der Waals surface area contributed by atoms with Gasteiger partial charge in [-0.2, -0.15) is 0 Å². The second-order valence-corrected chi connectivity index (χ2v) is 5.69. The van der Waals surface area contributed by atoms with Crippen LogP contribution in [0.4, 0.5) is 0 Å². The maximum atomic E-state index is 6.06. The Morgan fingerprint density at radius 3 is 2.73 bits per heavy atom. The zero-order valence-corrected chi connectivity index (χ0v) is 13.4. The summed E-state index contributed by atoms with van der Waals surface area (Å²) in [6.07, 6.45) is 0.324. The van der Waals surface area contributed by atoms with Crippen LogP contribution in [0.5, 0.6) is 5.75 Å². The van der Waals surface area contributed by atoms with Crippen LogP contribution in [0.2, 0.25) is 0 Å². The average Bonchev–Trinajstić information content (AvgIpc) is 3.03. The Morgan fingerprint density at radius 2 is 1.86 bits per heavy atom. The molecule has 0 amide bonds. The maximum Gasteiger partial charge on any atom is 0.126 e. The summed E-state index contributed by atoms with van der Waals surface area (Å²) in [4.78, 5) is 0. The summed E-state index contributed by atoms with van der Waals surface area (Å²) < 4.78 is 11.6. The van der Waals surface area contributed by atoms with Crippen molar-refractivity contribution in [2.45, 2.75) is 18.6 Å². The molecule has 0 bridgehead atoms. The fourth-order valence-corrected chi connectivity index (χ4v) is 3.56. The third-order valence-electron chi connectivity index (χ3n) is 4.61. The molecular weight excluding hydrogens is 298 g/mol. The van der Waals surface area contributed by atoms with Crippen molar-refractivity contribution in [3.8, 4) is 16.9 Å². The van der Waals surface area contributed by atoms with Gasteiger partial charge in [-0.25, -0.2) is 0 Å². The van der Waals surface area contributed by atoms with E-state index in [1.807, 2.05) is 12.1 Å². The first kappa shape index (κ1) is 15.3. The molecule has 2 aromatic carbocycles. The average molecular weight is 318 g/mol. The van der Waals surface area contributed by atoms with E-state index in [4.69, 9.17) is 9.47 Å².